The number of hydrogen-bond donors (Lipinski definition) is 1. The maximum Gasteiger partial charge on any atom is 0.183 e. The van der Waals surface area contributed by atoms with Crippen LogP contribution in [0.1, 0.15) is 17.0 Å². The molecule has 1 N–H and O–H groups in total. The van der Waals surface area contributed by atoms with Crippen molar-refractivity contribution in [3.8, 4) is 11.3 Å². The number of nitrogens with one attached hydrogen (secondary N) is 1. The van der Waals surface area contributed by atoms with Crippen LogP contribution in [-0.4, -0.2) is 21.3 Å². The fraction of sp³-hybridized carbons (Fsp3) is 0.294. The Morgan fingerprint density at radius 2 is 1.96 bits per heavy atom. The third kappa shape index (κ3) is 3.42. The van der Waals surface area contributed by atoms with Crippen LogP contribution in [0.25, 0.3) is 11.3 Å². The first-order valence-electron chi connectivity index (χ1n) is 7.49. The molecule has 3 rings (SSSR count). The molecule has 0 aliphatic carbocycles. The van der Waals surface area contributed by atoms with E-state index in [0.29, 0.717) is 0 Å². The minimum atomic E-state index is -0.232. The van der Waals surface area contributed by atoms with Crippen LogP contribution in [0.3, 0.4) is 0 Å². The van der Waals surface area contributed by atoms with E-state index in [4.69, 9.17) is 0 Å². The number of hydrogen-bond acceptors (Lipinski definition) is 4. The lowest BCUT2D eigenvalue weighted by Gasteiger charge is -2.03. The lowest BCUT2D eigenvalue weighted by atomic mass is 10.1. The second-order valence-electron chi connectivity index (χ2n) is 5.49. The number of nitrogens with zero attached hydrogens (tertiary/aromatic N) is 3. The molecule has 23 heavy (non-hydrogen) atoms. The van der Waals surface area contributed by atoms with Crippen molar-refractivity contribution in [3.05, 3.63) is 52.4 Å². The molecule has 0 saturated carbocycles. The van der Waals surface area contributed by atoms with E-state index in [-0.39, 0.29) is 5.82 Å². The Bertz CT molecular complexity index is 805. The van der Waals surface area contributed by atoms with E-state index < -0.39 is 0 Å². The van der Waals surface area contributed by atoms with Crippen LogP contribution >= 0.6 is 11.3 Å². The Kier molecular flexibility index (Phi) is 4.43. The van der Waals surface area contributed by atoms with Crippen molar-refractivity contribution in [2.75, 3.05) is 11.9 Å². The average molecular weight is 330 g/mol. The van der Waals surface area contributed by atoms with E-state index in [1.54, 1.807) is 23.5 Å². The molecule has 4 nitrogen and oxygen atoms in total. The van der Waals surface area contributed by atoms with Gasteiger partial charge >= 0.3 is 0 Å². The van der Waals surface area contributed by atoms with Gasteiger partial charge in [-0.05, 0) is 50.1 Å². The molecule has 1 aromatic carbocycles. The van der Waals surface area contributed by atoms with Crippen molar-refractivity contribution in [1.82, 2.24) is 14.8 Å². The Balaban J connectivity index is 1.62. The molecule has 0 bridgehead atoms. The monoisotopic (exact) mass is 330 g/mol. The summed E-state index contributed by atoms with van der Waals surface area (Å²) < 4.78 is 14.9. The predicted molar refractivity (Wildman–Crippen MR) is 92.4 cm³/mol. The number of benzene rings is 1. The van der Waals surface area contributed by atoms with Crippen LogP contribution < -0.4 is 5.32 Å². The molecule has 0 aliphatic heterocycles. The van der Waals surface area contributed by atoms with Crippen LogP contribution in [0.2, 0.25) is 0 Å². The number of anilines is 1. The smallest absolute Gasteiger partial charge is 0.183 e. The lowest BCUT2D eigenvalue weighted by molar-refractivity contribution is 0.628. The summed E-state index contributed by atoms with van der Waals surface area (Å²) in [5.74, 6) is -0.232. The number of thiazole rings is 1. The maximum absolute atomic E-state index is 13.0. The number of aryl methyl sites for hydroxylation is 2. The van der Waals surface area contributed by atoms with Gasteiger partial charge in [-0.2, -0.15) is 5.10 Å². The van der Waals surface area contributed by atoms with Crippen molar-refractivity contribution in [2.45, 2.75) is 20.3 Å². The average Bonchev–Trinajstić information content (AvgIpc) is 3.08. The van der Waals surface area contributed by atoms with Gasteiger partial charge in [0.2, 0.25) is 0 Å². The molecule has 0 radical (unpaired) electrons. The third-order valence-corrected chi connectivity index (χ3v) is 4.75. The summed E-state index contributed by atoms with van der Waals surface area (Å²) in [6, 6.07) is 6.40. The van der Waals surface area contributed by atoms with E-state index in [1.807, 2.05) is 24.0 Å². The summed E-state index contributed by atoms with van der Waals surface area (Å²) >= 11 is 1.56. The normalized spacial score (nSPS) is 11.0. The molecule has 0 spiro atoms. The first-order valence-corrected chi connectivity index (χ1v) is 8.37. The number of aromatic nitrogens is 3. The first-order chi connectivity index (χ1) is 11.0. The standard InChI is InChI=1S/C17H19FN4S/c1-11-15(12(2)22(3)21-11)8-9-19-17-20-16(10-23-17)13-4-6-14(18)7-5-13/h4-7,10H,8-9H2,1-3H3,(H,19,20). The molecule has 0 atom stereocenters. The van der Waals surface area contributed by atoms with Crippen LogP contribution in [-0.2, 0) is 13.5 Å². The van der Waals surface area contributed by atoms with Crippen LogP contribution in [0, 0.1) is 19.7 Å². The molecular weight excluding hydrogens is 311 g/mol. The van der Waals surface area contributed by atoms with Gasteiger partial charge < -0.3 is 5.32 Å². The highest BCUT2D eigenvalue weighted by molar-refractivity contribution is 7.14. The van der Waals surface area contributed by atoms with Gasteiger partial charge in [-0.15, -0.1) is 11.3 Å². The van der Waals surface area contributed by atoms with E-state index in [0.717, 1.165) is 35.0 Å². The zero-order chi connectivity index (χ0) is 16.4. The van der Waals surface area contributed by atoms with E-state index in [9.17, 15) is 4.39 Å². The molecule has 2 aromatic heterocycles. The van der Waals surface area contributed by atoms with Crippen molar-refractivity contribution in [1.29, 1.82) is 0 Å². The van der Waals surface area contributed by atoms with Gasteiger partial charge in [0, 0.05) is 30.2 Å². The van der Waals surface area contributed by atoms with Crippen molar-refractivity contribution < 1.29 is 4.39 Å². The Labute approximate surface area is 139 Å². The number of rotatable bonds is 5. The van der Waals surface area contributed by atoms with E-state index >= 15 is 0 Å². The number of halogens is 1. The Morgan fingerprint density at radius 3 is 2.61 bits per heavy atom. The first kappa shape index (κ1) is 15.7. The minimum absolute atomic E-state index is 0.232. The largest absolute Gasteiger partial charge is 0.361 e. The minimum Gasteiger partial charge on any atom is -0.361 e. The highest BCUT2D eigenvalue weighted by atomic mass is 32.1. The van der Waals surface area contributed by atoms with Gasteiger partial charge in [-0.25, -0.2) is 9.37 Å². The predicted octanol–water partition coefficient (Wildman–Crippen LogP) is 3.95. The molecule has 2 heterocycles. The fourth-order valence-corrected chi connectivity index (χ4v) is 3.33. The Morgan fingerprint density at radius 1 is 1.22 bits per heavy atom. The van der Waals surface area contributed by atoms with Crippen molar-refractivity contribution in [3.63, 3.8) is 0 Å². The van der Waals surface area contributed by atoms with Gasteiger partial charge in [0.25, 0.3) is 0 Å². The van der Waals surface area contributed by atoms with Crippen LogP contribution in [0.15, 0.2) is 29.6 Å². The molecular formula is C17H19FN4S. The highest BCUT2D eigenvalue weighted by Gasteiger charge is 2.09. The maximum atomic E-state index is 13.0. The molecule has 3 aromatic rings. The summed E-state index contributed by atoms with van der Waals surface area (Å²) in [6.07, 6.45) is 0.914. The molecule has 120 valence electrons. The van der Waals surface area contributed by atoms with Crippen LogP contribution in [0.5, 0.6) is 0 Å². The summed E-state index contributed by atoms with van der Waals surface area (Å²) in [6.45, 7) is 4.94. The second kappa shape index (κ2) is 6.50. The van der Waals surface area contributed by atoms with Gasteiger partial charge in [0.1, 0.15) is 5.82 Å². The van der Waals surface area contributed by atoms with Crippen LogP contribution in [0.4, 0.5) is 9.52 Å². The topological polar surface area (TPSA) is 42.7 Å². The van der Waals surface area contributed by atoms with Crippen molar-refractivity contribution >= 4 is 16.5 Å². The molecule has 0 fully saturated rings. The Hall–Kier alpha value is -2.21. The fourth-order valence-electron chi connectivity index (χ4n) is 2.58. The molecule has 0 saturated heterocycles. The summed E-state index contributed by atoms with van der Waals surface area (Å²) in [7, 11) is 1.97. The van der Waals surface area contributed by atoms with E-state index in [2.05, 4.69) is 22.3 Å². The molecule has 6 heteroatoms. The summed E-state index contributed by atoms with van der Waals surface area (Å²) in [5, 5.41) is 10.6. The lowest BCUT2D eigenvalue weighted by Crippen LogP contribution is -2.06. The van der Waals surface area contributed by atoms with E-state index in [1.165, 1.54) is 23.4 Å². The van der Waals surface area contributed by atoms with Gasteiger partial charge in [0.05, 0.1) is 11.4 Å². The van der Waals surface area contributed by atoms with Gasteiger partial charge in [-0.3, -0.25) is 4.68 Å². The molecule has 0 amide bonds. The SMILES string of the molecule is Cc1nn(C)c(C)c1CCNc1nc(-c2ccc(F)cc2)cs1. The molecule has 0 aliphatic rings. The second-order valence-corrected chi connectivity index (χ2v) is 6.35. The van der Waals surface area contributed by atoms with Crippen molar-refractivity contribution in [2.24, 2.45) is 7.05 Å². The molecule has 0 unspecified atom stereocenters. The third-order valence-electron chi connectivity index (χ3n) is 3.95. The quantitative estimate of drug-likeness (QED) is 0.770. The zero-order valence-electron chi connectivity index (χ0n) is 13.4. The summed E-state index contributed by atoms with van der Waals surface area (Å²) in [5.41, 5.74) is 5.37. The summed E-state index contributed by atoms with van der Waals surface area (Å²) in [4.78, 5) is 4.56. The highest BCUT2D eigenvalue weighted by Crippen LogP contribution is 2.25. The van der Waals surface area contributed by atoms with Gasteiger partial charge in [-0.1, -0.05) is 0 Å². The van der Waals surface area contributed by atoms with Gasteiger partial charge in [0.15, 0.2) is 5.13 Å². The zero-order valence-corrected chi connectivity index (χ0v) is 14.2.